The van der Waals surface area contributed by atoms with E-state index in [1.54, 1.807) is 12.3 Å². The molecule has 0 spiro atoms. The van der Waals surface area contributed by atoms with Gasteiger partial charge in [0.25, 0.3) is 21.8 Å². The molecule has 3 rings (SSSR count). The van der Waals surface area contributed by atoms with Crippen molar-refractivity contribution in [3.8, 4) is 0 Å². The Balaban J connectivity index is 1.71. The Morgan fingerprint density at radius 1 is 1.12 bits per heavy atom. The van der Waals surface area contributed by atoms with E-state index in [4.69, 9.17) is 0 Å². The average Bonchev–Trinajstić information content (AvgIpc) is 2.58. The number of hydrogen-bond acceptors (Lipinski definition) is 5. The summed E-state index contributed by atoms with van der Waals surface area (Å²) in [5, 5.41) is 0. The van der Waals surface area contributed by atoms with Crippen molar-refractivity contribution < 1.29 is 22.4 Å². The maximum Gasteiger partial charge on any atom is 0.273 e. The first-order valence-corrected chi connectivity index (χ1v) is 8.81. The van der Waals surface area contributed by atoms with Crippen molar-refractivity contribution in [1.29, 1.82) is 0 Å². The second-order valence-corrected chi connectivity index (χ2v) is 6.99. The first kappa shape index (κ1) is 16.8. The molecule has 0 fully saturated rings. The monoisotopic (exact) mass is 364 g/mol. The largest absolute Gasteiger partial charge is 0.331 e. The molecule has 8 nitrogen and oxygen atoms in total. The molecular weight excluding hydrogens is 351 g/mol. The van der Waals surface area contributed by atoms with Crippen molar-refractivity contribution >= 4 is 27.7 Å². The second-order valence-electron chi connectivity index (χ2n) is 5.23. The van der Waals surface area contributed by atoms with Crippen LogP contribution in [0.4, 0.5) is 4.39 Å². The van der Waals surface area contributed by atoms with Gasteiger partial charge in [0.1, 0.15) is 5.82 Å². The molecule has 0 radical (unpaired) electrons. The zero-order valence-corrected chi connectivity index (χ0v) is 13.6. The van der Waals surface area contributed by atoms with Crippen molar-refractivity contribution in [2.45, 2.75) is 0 Å². The second kappa shape index (κ2) is 6.48. The number of sulfonamides is 1. The normalized spacial score (nSPS) is 17.9. The van der Waals surface area contributed by atoms with Crippen molar-refractivity contribution in [3.05, 3.63) is 59.6 Å². The fourth-order valence-electron chi connectivity index (χ4n) is 2.25. The van der Waals surface area contributed by atoms with Crippen LogP contribution in [0, 0.1) is 5.82 Å². The van der Waals surface area contributed by atoms with Gasteiger partial charge in [0.15, 0.2) is 5.84 Å². The number of rotatable bonds is 2. The molecule has 130 valence electrons. The van der Waals surface area contributed by atoms with Gasteiger partial charge in [-0.1, -0.05) is 0 Å². The molecule has 0 aliphatic carbocycles. The number of benzene rings is 1. The van der Waals surface area contributed by atoms with Crippen molar-refractivity contribution in [2.75, 3.05) is 12.3 Å². The van der Waals surface area contributed by atoms with E-state index in [1.165, 1.54) is 23.1 Å². The maximum absolute atomic E-state index is 12.8. The highest BCUT2D eigenvalue weighted by molar-refractivity contribution is 7.90. The zero-order valence-electron chi connectivity index (χ0n) is 12.8. The minimum atomic E-state index is -3.63. The number of allylic oxidation sites excluding steroid dienone is 2. The van der Waals surface area contributed by atoms with Crippen LogP contribution in [0.25, 0.3) is 0 Å². The third-order valence-corrected chi connectivity index (χ3v) is 4.65. The lowest BCUT2D eigenvalue weighted by Gasteiger charge is -2.28. The van der Waals surface area contributed by atoms with Gasteiger partial charge in [-0.3, -0.25) is 20.4 Å². The van der Waals surface area contributed by atoms with E-state index in [0.717, 1.165) is 12.1 Å². The summed E-state index contributed by atoms with van der Waals surface area (Å²) in [5.74, 6) is -1.99. The molecule has 0 saturated heterocycles. The fraction of sp³-hybridized carbons (Fsp3) is 0.133. The lowest BCUT2D eigenvalue weighted by molar-refractivity contribution is -0.117. The molecule has 10 heteroatoms. The molecule has 0 bridgehead atoms. The number of amides is 2. The van der Waals surface area contributed by atoms with Gasteiger partial charge in [0.05, 0.1) is 11.3 Å². The van der Waals surface area contributed by atoms with Crippen LogP contribution in [0.15, 0.2) is 52.6 Å². The predicted octanol–water partition coefficient (Wildman–Crippen LogP) is 0.0843. The molecule has 2 aliphatic heterocycles. The summed E-state index contributed by atoms with van der Waals surface area (Å²) in [4.78, 5) is 25.7. The van der Waals surface area contributed by atoms with Crippen molar-refractivity contribution in [2.24, 2.45) is 4.40 Å². The Morgan fingerprint density at radius 3 is 2.52 bits per heavy atom. The molecule has 1 aromatic rings. The van der Waals surface area contributed by atoms with Crippen LogP contribution in [0.5, 0.6) is 0 Å². The van der Waals surface area contributed by atoms with Gasteiger partial charge in [-0.2, -0.15) is 0 Å². The van der Waals surface area contributed by atoms with Crippen LogP contribution in [0.3, 0.4) is 0 Å². The smallest absolute Gasteiger partial charge is 0.273 e. The van der Waals surface area contributed by atoms with Crippen LogP contribution in [-0.2, 0) is 14.8 Å². The van der Waals surface area contributed by atoms with Gasteiger partial charge >= 0.3 is 0 Å². The van der Waals surface area contributed by atoms with Gasteiger partial charge in [-0.15, -0.1) is 4.40 Å². The van der Waals surface area contributed by atoms with E-state index in [2.05, 4.69) is 15.2 Å². The Hall–Kier alpha value is -3.01. The number of fused-ring (bicyclic) bond motifs is 1. The van der Waals surface area contributed by atoms with E-state index in [9.17, 15) is 22.4 Å². The summed E-state index contributed by atoms with van der Waals surface area (Å²) in [5.41, 5.74) is 4.53. The molecule has 25 heavy (non-hydrogen) atoms. The van der Waals surface area contributed by atoms with Crippen molar-refractivity contribution in [1.82, 2.24) is 15.8 Å². The quantitative estimate of drug-likeness (QED) is 0.723. The number of carbonyl (C=O) groups is 2. The Morgan fingerprint density at radius 2 is 1.80 bits per heavy atom. The van der Waals surface area contributed by atoms with Crippen molar-refractivity contribution in [3.63, 3.8) is 0 Å². The summed E-state index contributed by atoms with van der Waals surface area (Å²) < 4.78 is 39.8. The molecule has 0 aromatic heterocycles. The van der Waals surface area contributed by atoms with Crippen LogP contribution in [-0.4, -0.2) is 43.3 Å². The highest BCUT2D eigenvalue weighted by Crippen LogP contribution is 2.17. The highest BCUT2D eigenvalue weighted by Gasteiger charge is 2.30. The maximum atomic E-state index is 12.8. The predicted molar refractivity (Wildman–Crippen MR) is 87.2 cm³/mol. The lowest BCUT2D eigenvalue weighted by atomic mass is 10.1. The summed E-state index contributed by atoms with van der Waals surface area (Å²) in [6.07, 6.45) is 4.59. The first-order valence-electron chi connectivity index (χ1n) is 7.20. The summed E-state index contributed by atoms with van der Waals surface area (Å²) in [7, 11) is -3.63. The Kier molecular flexibility index (Phi) is 4.36. The number of halogens is 1. The van der Waals surface area contributed by atoms with Gasteiger partial charge in [0, 0.05) is 18.3 Å². The Labute approximate surface area is 142 Å². The van der Waals surface area contributed by atoms with Crippen LogP contribution in [0.1, 0.15) is 10.4 Å². The summed E-state index contributed by atoms with van der Waals surface area (Å²) in [6.45, 7) is 0.185. The van der Waals surface area contributed by atoms with Gasteiger partial charge in [0.2, 0.25) is 0 Å². The number of hydrogen-bond donors (Lipinski definition) is 2. The Bertz CT molecular complexity index is 919. The topological polar surface area (TPSA) is 108 Å². The molecular formula is C15H13FN4O4S. The SMILES string of the molecule is O=C(NNC(=O)c1ccc(F)cc1)C1=CC=CN2CCS(=O)(=O)N=C12. The van der Waals surface area contributed by atoms with E-state index >= 15 is 0 Å². The molecule has 0 atom stereocenters. The van der Waals surface area contributed by atoms with Crippen LogP contribution < -0.4 is 10.9 Å². The number of carbonyl (C=O) groups excluding carboxylic acids is 2. The highest BCUT2D eigenvalue weighted by atomic mass is 32.2. The lowest BCUT2D eigenvalue weighted by Crippen LogP contribution is -2.47. The van der Waals surface area contributed by atoms with Gasteiger partial charge < -0.3 is 4.90 Å². The van der Waals surface area contributed by atoms with E-state index in [1.807, 2.05) is 0 Å². The number of nitrogens with one attached hydrogen (secondary N) is 2. The molecule has 2 N–H and O–H groups in total. The van der Waals surface area contributed by atoms with Gasteiger partial charge in [-0.05, 0) is 36.4 Å². The number of nitrogens with zero attached hydrogens (tertiary/aromatic N) is 2. The molecule has 1 aromatic carbocycles. The zero-order chi connectivity index (χ0) is 18.0. The third-order valence-electron chi connectivity index (χ3n) is 3.50. The molecule has 2 heterocycles. The van der Waals surface area contributed by atoms with E-state index in [0.29, 0.717) is 0 Å². The molecule has 0 unspecified atom stereocenters. The minimum absolute atomic E-state index is 0.00211. The molecule has 2 amide bonds. The minimum Gasteiger partial charge on any atom is -0.331 e. The number of amidine groups is 1. The van der Waals surface area contributed by atoms with Crippen LogP contribution in [0.2, 0.25) is 0 Å². The standard InChI is InChI=1S/C15H13FN4O4S/c16-11-5-3-10(4-6-11)14(21)17-18-15(22)12-2-1-7-20-8-9-25(23,24)19-13(12)20/h1-7H,8-9H2,(H,17,21)(H,18,22). The summed E-state index contributed by atoms with van der Waals surface area (Å²) in [6, 6.07) is 4.76. The fourth-order valence-corrected chi connectivity index (χ4v) is 3.23. The first-order chi connectivity index (χ1) is 11.9. The van der Waals surface area contributed by atoms with E-state index < -0.39 is 27.7 Å². The number of hydrazine groups is 1. The van der Waals surface area contributed by atoms with E-state index in [-0.39, 0.29) is 29.3 Å². The van der Waals surface area contributed by atoms with Gasteiger partial charge in [-0.25, -0.2) is 12.8 Å². The molecule has 0 saturated carbocycles. The van der Waals surface area contributed by atoms with Crippen LogP contribution >= 0.6 is 0 Å². The third kappa shape index (κ3) is 3.74. The average molecular weight is 364 g/mol. The molecule has 2 aliphatic rings. The summed E-state index contributed by atoms with van der Waals surface area (Å²) >= 11 is 0.